The number of nitrogens with zero attached hydrogens (tertiary/aromatic N) is 4. The molecule has 2 N–H and O–H groups in total. The molecule has 27 heavy (non-hydrogen) atoms. The molecule has 0 unspecified atom stereocenters. The van der Waals surface area contributed by atoms with Crippen LogP contribution in [0.15, 0.2) is 48.8 Å². The van der Waals surface area contributed by atoms with Crippen LogP contribution in [0.2, 0.25) is 0 Å². The van der Waals surface area contributed by atoms with Crippen molar-refractivity contribution in [2.45, 2.75) is 32.4 Å². The zero-order chi connectivity index (χ0) is 18.6. The molecule has 1 aliphatic rings. The van der Waals surface area contributed by atoms with E-state index >= 15 is 0 Å². The first-order valence-electron chi connectivity index (χ1n) is 8.94. The third kappa shape index (κ3) is 4.44. The van der Waals surface area contributed by atoms with E-state index in [4.69, 9.17) is 0 Å². The summed E-state index contributed by atoms with van der Waals surface area (Å²) >= 11 is 0. The average Bonchev–Trinajstić information content (AvgIpc) is 3.52. The lowest BCUT2D eigenvalue weighted by Crippen LogP contribution is -2.23. The predicted octanol–water partition coefficient (Wildman–Crippen LogP) is 2.75. The zero-order valence-electron chi connectivity index (χ0n) is 15.0. The minimum absolute atomic E-state index is 0.167. The van der Waals surface area contributed by atoms with E-state index in [9.17, 15) is 4.79 Å². The second kappa shape index (κ2) is 7.49. The smallest absolute Gasteiger partial charge is 0.251 e. The van der Waals surface area contributed by atoms with Crippen LogP contribution in [0.1, 0.15) is 34.6 Å². The minimum Gasteiger partial charge on any atom is -0.366 e. The summed E-state index contributed by atoms with van der Waals surface area (Å²) in [6, 6.07) is 11.7. The van der Waals surface area contributed by atoms with E-state index in [1.807, 2.05) is 37.3 Å². The minimum atomic E-state index is -0.167. The molecular weight excluding hydrogens is 340 g/mol. The van der Waals surface area contributed by atoms with Crippen LogP contribution in [0, 0.1) is 6.92 Å². The SMILES string of the molecule is Cc1cnc(CNC(=O)c2cccc(-c3ccc(NC4CC4)nn3)c2)cn1. The number of rotatable bonds is 6. The third-order valence-electron chi connectivity index (χ3n) is 4.28. The summed E-state index contributed by atoms with van der Waals surface area (Å²) in [5.74, 6) is 0.619. The molecular formula is C20H20N6O. The number of amides is 1. The maximum atomic E-state index is 12.4. The number of aryl methyl sites for hydroxylation is 1. The monoisotopic (exact) mass is 360 g/mol. The fourth-order valence-electron chi connectivity index (χ4n) is 2.60. The molecule has 0 spiro atoms. The van der Waals surface area contributed by atoms with E-state index in [0.717, 1.165) is 28.5 Å². The van der Waals surface area contributed by atoms with Gasteiger partial charge in [0.1, 0.15) is 5.82 Å². The number of hydrogen-bond acceptors (Lipinski definition) is 6. The van der Waals surface area contributed by atoms with Crippen molar-refractivity contribution in [2.24, 2.45) is 0 Å². The van der Waals surface area contributed by atoms with Crippen molar-refractivity contribution in [3.8, 4) is 11.3 Å². The molecule has 0 radical (unpaired) electrons. The highest BCUT2D eigenvalue weighted by molar-refractivity contribution is 5.95. The van der Waals surface area contributed by atoms with Crippen molar-refractivity contribution in [3.05, 3.63) is 65.7 Å². The second-order valence-electron chi connectivity index (χ2n) is 6.64. The maximum Gasteiger partial charge on any atom is 0.251 e. The number of nitrogens with one attached hydrogen (secondary N) is 2. The molecule has 0 atom stereocenters. The van der Waals surface area contributed by atoms with Crippen LogP contribution in [0.5, 0.6) is 0 Å². The Morgan fingerprint density at radius 2 is 2.00 bits per heavy atom. The highest BCUT2D eigenvalue weighted by Gasteiger charge is 2.21. The molecule has 2 heterocycles. The number of benzene rings is 1. The molecule has 2 aromatic heterocycles. The number of carbonyl (C=O) groups is 1. The number of carbonyl (C=O) groups excluding carboxylic acids is 1. The van der Waals surface area contributed by atoms with Gasteiger partial charge in [0.25, 0.3) is 5.91 Å². The summed E-state index contributed by atoms with van der Waals surface area (Å²) in [6.07, 6.45) is 5.73. The van der Waals surface area contributed by atoms with E-state index in [2.05, 4.69) is 30.8 Å². The normalized spacial score (nSPS) is 13.2. The van der Waals surface area contributed by atoms with Gasteiger partial charge in [-0.25, -0.2) is 0 Å². The van der Waals surface area contributed by atoms with Crippen molar-refractivity contribution in [1.82, 2.24) is 25.5 Å². The van der Waals surface area contributed by atoms with Crippen molar-refractivity contribution >= 4 is 11.7 Å². The second-order valence-corrected chi connectivity index (χ2v) is 6.64. The van der Waals surface area contributed by atoms with E-state index in [0.29, 0.717) is 18.2 Å². The van der Waals surface area contributed by atoms with Crippen molar-refractivity contribution in [2.75, 3.05) is 5.32 Å². The predicted molar refractivity (Wildman–Crippen MR) is 102 cm³/mol. The van der Waals surface area contributed by atoms with E-state index in [-0.39, 0.29) is 5.91 Å². The van der Waals surface area contributed by atoms with Gasteiger partial charge in [0, 0.05) is 23.4 Å². The number of aromatic nitrogens is 4. The zero-order valence-corrected chi connectivity index (χ0v) is 15.0. The molecule has 1 aromatic carbocycles. The molecule has 0 bridgehead atoms. The van der Waals surface area contributed by atoms with Gasteiger partial charge in [-0.05, 0) is 44.0 Å². The van der Waals surface area contributed by atoms with Gasteiger partial charge < -0.3 is 10.6 Å². The Hall–Kier alpha value is -3.35. The summed E-state index contributed by atoms with van der Waals surface area (Å²) in [7, 11) is 0. The molecule has 136 valence electrons. The van der Waals surface area contributed by atoms with Gasteiger partial charge in [0.2, 0.25) is 0 Å². The number of anilines is 1. The van der Waals surface area contributed by atoms with Crippen LogP contribution in [-0.2, 0) is 6.54 Å². The van der Waals surface area contributed by atoms with Gasteiger partial charge in [-0.2, -0.15) is 0 Å². The van der Waals surface area contributed by atoms with Gasteiger partial charge in [-0.15, -0.1) is 10.2 Å². The van der Waals surface area contributed by atoms with E-state index in [1.165, 1.54) is 12.8 Å². The molecule has 7 nitrogen and oxygen atoms in total. The lowest BCUT2D eigenvalue weighted by atomic mass is 10.1. The van der Waals surface area contributed by atoms with Crippen molar-refractivity contribution in [1.29, 1.82) is 0 Å². The molecule has 0 saturated heterocycles. The Bertz CT molecular complexity index is 935. The largest absolute Gasteiger partial charge is 0.366 e. The Morgan fingerprint density at radius 1 is 1.11 bits per heavy atom. The fourth-order valence-corrected chi connectivity index (χ4v) is 2.60. The van der Waals surface area contributed by atoms with Gasteiger partial charge in [0.15, 0.2) is 0 Å². The summed E-state index contributed by atoms with van der Waals surface area (Å²) in [5.41, 5.74) is 3.71. The molecule has 3 aromatic rings. The topological polar surface area (TPSA) is 92.7 Å². The first-order valence-corrected chi connectivity index (χ1v) is 8.94. The lowest BCUT2D eigenvalue weighted by molar-refractivity contribution is 0.0950. The summed E-state index contributed by atoms with van der Waals surface area (Å²) in [6.45, 7) is 2.20. The Morgan fingerprint density at radius 3 is 2.70 bits per heavy atom. The molecule has 1 fully saturated rings. The van der Waals surface area contributed by atoms with E-state index < -0.39 is 0 Å². The molecule has 7 heteroatoms. The summed E-state index contributed by atoms with van der Waals surface area (Å²) in [4.78, 5) is 20.9. The lowest BCUT2D eigenvalue weighted by Gasteiger charge is -2.07. The molecule has 1 amide bonds. The van der Waals surface area contributed by atoms with Crippen molar-refractivity contribution < 1.29 is 4.79 Å². The van der Waals surface area contributed by atoms with E-state index in [1.54, 1.807) is 18.5 Å². The van der Waals surface area contributed by atoms with Gasteiger partial charge in [0.05, 0.1) is 29.8 Å². The Balaban J connectivity index is 1.43. The first-order chi connectivity index (χ1) is 13.2. The van der Waals surface area contributed by atoms with Gasteiger partial charge >= 0.3 is 0 Å². The maximum absolute atomic E-state index is 12.4. The Kier molecular flexibility index (Phi) is 4.74. The first kappa shape index (κ1) is 17.1. The summed E-state index contributed by atoms with van der Waals surface area (Å²) in [5, 5.41) is 14.7. The molecule has 0 aliphatic heterocycles. The quantitative estimate of drug-likeness (QED) is 0.702. The van der Waals surface area contributed by atoms with Crippen molar-refractivity contribution in [3.63, 3.8) is 0 Å². The van der Waals surface area contributed by atoms with Gasteiger partial charge in [-0.3, -0.25) is 14.8 Å². The van der Waals surface area contributed by atoms with Crippen LogP contribution in [-0.4, -0.2) is 32.1 Å². The van der Waals surface area contributed by atoms with Crippen LogP contribution < -0.4 is 10.6 Å². The standard InChI is InChI=1S/C20H20N6O/c1-13-10-22-17(11-21-13)12-23-20(27)15-4-2-3-14(9-15)18-7-8-19(26-25-18)24-16-5-6-16/h2-4,7-11,16H,5-6,12H2,1H3,(H,23,27)(H,24,26). The van der Waals surface area contributed by atoms with Gasteiger partial charge in [-0.1, -0.05) is 12.1 Å². The Labute approximate surface area is 157 Å². The average molecular weight is 360 g/mol. The fraction of sp³-hybridized carbons (Fsp3) is 0.250. The number of hydrogen-bond donors (Lipinski definition) is 2. The highest BCUT2D eigenvalue weighted by atomic mass is 16.1. The molecule has 1 aliphatic carbocycles. The molecule has 1 saturated carbocycles. The summed E-state index contributed by atoms with van der Waals surface area (Å²) < 4.78 is 0. The van der Waals surface area contributed by atoms with Crippen LogP contribution >= 0.6 is 0 Å². The molecule has 4 rings (SSSR count). The van der Waals surface area contributed by atoms with Crippen LogP contribution in [0.4, 0.5) is 5.82 Å². The highest BCUT2D eigenvalue weighted by Crippen LogP contribution is 2.24. The van der Waals surface area contributed by atoms with Crippen LogP contribution in [0.3, 0.4) is 0 Å². The van der Waals surface area contributed by atoms with Crippen LogP contribution in [0.25, 0.3) is 11.3 Å². The third-order valence-corrected chi connectivity index (χ3v) is 4.28.